The minimum absolute atomic E-state index is 0.00567. The fourth-order valence-electron chi connectivity index (χ4n) is 5.73. The lowest BCUT2D eigenvalue weighted by atomic mass is 10.0. The molecule has 1 unspecified atom stereocenters. The van der Waals surface area contributed by atoms with Gasteiger partial charge in [-0.15, -0.1) is 11.3 Å². The predicted octanol–water partition coefficient (Wildman–Crippen LogP) is 2.95. The summed E-state index contributed by atoms with van der Waals surface area (Å²) in [6, 6.07) is 11.2. The van der Waals surface area contributed by atoms with E-state index < -0.39 is 24.1 Å². The van der Waals surface area contributed by atoms with Crippen molar-refractivity contribution in [1.82, 2.24) is 20.1 Å². The first kappa shape index (κ1) is 29.4. The summed E-state index contributed by atoms with van der Waals surface area (Å²) in [5.74, 6) is -0.739. The number of nitrogens with zero attached hydrogens (tertiary/aromatic N) is 3. The lowest BCUT2D eigenvalue weighted by Crippen LogP contribution is -2.55. The van der Waals surface area contributed by atoms with Gasteiger partial charge in [-0.25, -0.2) is 4.98 Å². The van der Waals surface area contributed by atoms with E-state index in [1.54, 1.807) is 22.5 Å². The summed E-state index contributed by atoms with van der Waals surface area (Å²) in [6.45, 7) is 5.94. The maximum Gasteiger partial charge on any atom is 0.255 e. The molecule has 1 saturated heterocycles. The van der Waals surface area contributed by atoms with Crippen LogP contribution < -0.4 is 10.1 Å². The van der Waals surface area contributed by atoms with Crippen molar-refractivity contribution in [2.45, 2.75) is 58.5 Å². The second kappa shape index (κ2) is 12.4. The van der Waals surface area contributed by atoms with Crippen LogP contribution in [-0.4, -0.2) is 75.2 Å². The number of carbonyl (C=O) groups is 4. The number of likely N-dealkylation sites (tertiary alicyclic amines) is 1. The Kier molecular flexibility index (Phi) is 8.69. The molecule has 11 heteroatoms. The SMILES string of the molecule is Cc1ncsc1-c1ccc(CNC(=O)[C@@H]2C[C@@H](O)CN2C(=O)C(C(C)C)N2Cc3ccccc3C2=O)c(OCC=O)c1. The molecule has 0 aliphatic carbocycles. The third-order valence-corrected chi connectivity index (χ3v) is 8.75. The summed E-state index contributed by atoms with van der Waals surface area (Å²) in [6.07, 6.45) is -0.114. The van der Waals surface area contributed by atoms with Crippen molar-refractivity contribution in [3.05, 3.63) is 70.4 Å². The van der Waals surface area contributed by atoms with Crippen LogP contribution in [-0.2, 0) is 27.5 Å². The van der Waals surface area contributed by atoms with Crippen LogP contribution in [0.25, 0.3) is 10.4 Å². The Morgan fingerprint density at radius 1 is 1.24 bits per heavy atom. The number of carbonyl (C=O) groups excluding carboxylic acids is 4. The van der Waals surface area contributed by atoms with E-state index in [1.165, 1.54) is 16.2 Å². The van der Waals surface area contributed by atoms with Gasteiger partial charge in [-0.05, 0) is 36.1 Å². The summed E-state index contributed by atoms with van der Waals surface area (Å²) in [4.78, 5) is 59.9. The van der Waals surface area contributed by atoms with Crippen LogP contribution in [0.4, 0.5) is 0 Å². The molecule has 0 radical (unpaired) electrons. The van der Waals surface area contributed by atoms with Crippen molar-refractivity contribution in [2.75, 3.05) is 13.2 Å². The first-order valence-corrected chi connectivity index (χ1v) is 14.8. The molecule has 0 bridgehead atoms. The van der Waals surface area contributed by atoms with E-state index in [0.717, 1.165) is 21.7 Å². The van der Waals surface area contributed by atoms with Gasteiger partial charge in [0, 0.05) is 37.2 Å². The van der Waals surface area contributed by atoms with Crippen LogP contribution in [0.5, 0.6) is 5.75 Å². The number of benzene rings is 2. The van der Waals surface area contributed by atoms with Crippen molar-refractivity contribution >= 4 is 35.3 Å². The van der Waals surface area contributed by atoms with E-state index in [1.807, 2.05) is 51.1 Å². The number of aromatic nitrogens is 1. The molecule has 42 heavy (non-hydrogen) atoms. The van der Waals surface area contributed by atoms with E-state index in [4.69, 9.17) is 4.74 Å². The Balaban J connectivity index is 1.32. The van der Waals surface area contributed by atoms with Crippen molar-refractivity contribution in [3.63, 3.8) is 0 Å². The third kappa shape index (κ3) is 5.79. The highest BCUT2D eigenvalue weighted by Crippen LogP contribution is 2.33. The van der Waals surface area contributed by atoms with Gasteiger partial charge in [0.25, 0.3) is 5.91 Å². The van der Waals surface area contributed by atoms with Crippen molar-refractivity contribution in [2.24, 2.45) is 5.92 Å². The molecule has 2 aromatic carbocycles. The quantitative estimate of drug-likeness (QED) is 0.348. The fourth-order valence-corrected chi connectivity index (χ4v) is 6.54. The van der Waals surface area contributed by atoms with Gasteiger partial charge < -0.3 is 25.0 Å². The molecule has 0 spiro atoms. The van der Waals surface area contributed by atoms with Gasteiger partial charge in [0.15, 0.2) is 6.29 Å². The Morgan fingerprint density at radius 2 is 2.02 bits per heavy atom. The van der Waals surface area contributed by atoms with Gasteiger partial charge in [0.05, 0.1) is 22.2 Å². The maximum absolute atomic E-state index is 13.9. The highest BCUT2D eigenvalue weighted by atomic mass is 32.1. The second-order valence-electron chi connectivity index (χ2n) is 11.0. The molecule has 1 aromatic heterocycles. The Morgan fingerprint density at radius 3 is 2.71 bits per heavy atom. The lowest BCUT2D eigenvalue weighted by Gasteiger charge is -2.35. The van der Waals surface area contributed by atoms with Crippen molar-refractivity contribution in [1.29, 1.82) is 0 Å². The average Bonchev–Trinajstić information content (AvgIpc) is 3.67. The minimum atomic E-state index is -0.896. The molecule has 5 rings (SSSR count). The van der Waals surface area contributed by atoms with Crippen LogP contribution in [0.3, 0.4) is 0 Å². The largest absolute Gasteiger partial charge is 0.486 e. The number of aliphatic hydroxyl groups is 1. The van der Waals surface area contributed by atoms with E-state index in [0.29, 0.717) is 29.7 Å². The number of thiazole rings is 1. The van der Waals surface area contributed by atoms with E-state index in [2.05, 4.69) is 10.3 Å². The topological polar surface area (TPSA) is 129 Å². The lowest BCUT2D eigenvalue weighted by molar-refractivity contribution is -0.143. The molecule has 220 valence electrons. The molecule has 3 aromatic rings. The van der Waals surface area contributed by atoms with Crippen molar-refractivity contribution in [3.8, 4) is 16.2 Å². The van der Waals surface area contributed by atoms with Crippen LogP contribution in [0.15, 0.2) is 48.0 Å². The summed E-state index contributed by atoms with van der Waals surface area (Å²) in [7, 11) is 0. The zero-order valence-electron chi connectivity index (χ0n) is 23.8. The number of nitrogens with one attached hydrogen (secondary N) is 1. The highest BCUT2D eigenvalue weighted by Gasteiger charge is 2.45. The first-order chi connectivity index (χ1) is 20.2. The van der Waals surface area contributed by atoms with Gasteiger partial charge in [0.1, 0.15) is 24.4 Å². The molecule has 10 nitrogen and oxygen atoms in total. The number of aliphatic hydroxyl groups excluding tert-OH is 1. The maximum atomic E-state index is 13.9. The normalized spacial score (nSPS) is 18.7. The number of ether oxygens (including phenoxy) is 1. The fraction of sp³-hybridized carbons (Fsp3) is 0.387. The summed E-state index contributed by atoms with van der Waals surface area (Å²) in [5, 5.41) is 13.4. The monoisotopic (exact) mass is 590 g/mol. The molecule has 1 fully saturated rings. The molecule has 3 heterocycles. The van der Waals surface area contributed by atoms with Crippen LogP contribution in [0, 0.1) is 12.8 Å². The van der Waals surface area contributed by atoms with Crippen LogP contribution in [0.2, 0.25) is 0 Å². The Bertz CT molecular complexity index is 1500. The number of aryl methyl sites for hydroxylation is 1. The number of amides is 3. The van der Waals surface area contributed by atoms with Gasteiger partial charge in [-0.2, -0.15) is 0 Å². The minimum Gasteiger partial charge on any atom is -0.486 e. The first-order valence-electron chi connectivity index (χ1n) is 13.9. The zero-order chi connectivity index (χ0) is 30.0. The molecule has 3 atom stereocenters. The van der Waals surface area contributed by atoms with E-state index >= 15 is 0 Å². The van der Waals surface area contributed by atoms with E-state index in [9.17, 15) is 24.3 Å². The zero-order valence-corrected chi connectivity index (χ0v) is 24.6. The number of hydrogen-bond acceptors (Lipinski definition) is 8. The number of rotatable bonds is 10. The average molecular weight is 591 g/mol. The van der Waals surface area contributed by atoms with E-state index in [-0.39, 0.29) is 43.8 Å². The standard InChI is InChI=1S/C31H34N4O6S/c1-18(2)27(35-15-22-6-4-5-7-24(22)30(35)39)31(40)34-16-23(37)13-25(34)29(38)32-14-21-9-8-20(12-26(21)41-11-10-36)28-19(3)33-17-42-28/h4-10,12,17-18,23,25,27,37H,11,13-16H2,1-3H3,(H,32,38)/t23-,25+,27?/m1/s1. The highest BCUT2D eigenvalue weighted by molar-refractivity contribution is 7.13. The van der Waals surface area contributed by atoms with Gasteiger partial charge in [-0.1, -0.05) is 44.2 Å². The second-order valence-corrected chi connectivity index (χ2v) is 11.8. The van der Waals surface area contributed by atoms with Gasteiger partial charge in [0.2, 0.25) is 11.8 Å². The van der Waals surface area contributed by atoms with Gasteiger partial charge in [-0.3, -0.25) is 19.2 Å². The number of fused-ring (bicyclic) bond motifs is 1. The third-order valence-electron chi connectivity index (χ3n) is 7.77. The molecule has 0 saturated carbocycles. The molecule has 2 N–H and O–H groups in total. The van der Waals surface area contributed by atoms with Crippen LogP contribution >= 0.6 is 11.3 Å². The number of aldehydes is 1. The predicted molar refractivity (Wildman–Crippen MR) is 157 cm³/mol. The summed E-state index contributed by atoms with van der Waals surface area (Å²) < 4.78 is 5.67. The number of hydrogen-bond donors (Lipinski definition) is 2. The smallest absolute Gasteiger partial charge is 0.255 e. The molecular weight excluding hydrogens is 556 g/mol. The molecule has 3 amide bonds. The molecule has 2 aliphatic rings. The molecular formula is C31H34N4O6S. The van der Waals surface area contributed by atoms with Gasteiger partial charge >= 0.3 is 0 Å². The Labute approximate surface area is 248 Å². The Hall–Kier alpha value is -4.09. The van der Waals surface area contributed by atoms with Crippen LogP contribution in [0.1, 0.15) is 47.4 Å². The number of β-amino-alcohol motifs (C(OH)–C–C–N with tert-alkyl or cyclic N) is 1. The van der Waals surface area contributed by atoms with Crippen molar-refractivity contribution < 1.29 is 29.0 Å². The summed E-state index contributed by atoms with van der Waals surface area (Å²) >= 11 is 1.50. The molecule has 2 aliphatic heterocycles. The summed E-state index contributed by atoms with van der Waals surface area (Å²) in [5.41, 5.74) is 5.63.